The lowest BCUT2D eigenvalue weighted by Gasteiger charge is -2.31. The molecule has 0 saturated heterocycles. The SMILES string of the molecule is CC(C)N(C[C@@H]1C=C(N)NC1)c1ccc(Cl)c(Cl)c1. The number of nitrogens with two attached hydrogens (primary N) is 1. The molecule has 1 aromatic rings. The predicted octanol–water partition coefficient (Wildman–Crippen LogP) is 3.23. The Hall–Kier alpha value is -1.06. The van der Waals surface area contributed by atoms with E-state index in [2.05, 4.69) is 30.1 Å². The number of hydrogen-bond donors (Lipinski definition) is 2. The summed E-state index contributed by atoms with van der Waals surface area (Å²) in [7, 11) is 0. The van der Waals surface area contributed by atoms with Crippen LogP contribution >= 0.6 is 23.2 Å². The highest BCUT2D eigenvalue weighted by Gasteiger charge is 2.20. The minimum absolute atomic E-state index is 0.382. The maximum absolute atomic E-state index is 6.10. The molecule has 0 aliphatic carbocycles. The van der Waals surface area contributed by atoms with Gasteiger partial charge in [-0.2, -0.15) is 0 Å². The Bertz CT molecular complexity index is 486. The van der Waals surface area contributed by atoms with Gasteiger partial charge in [-0.3, -0.25) is 0 Å². The maximum Gasteiger partial charge on any atom is 0.0923 e. The average molecular weight is 300 g/mol. The first kappa shape index (κ1) is 14.4. The largest absolute Gasteiger partial charge is 0.386 e. The van der Waals surface area contributed by atoms with Crippen LogP contribution in [0, 0.1) is 5.92 Å². The monoisotopic (exact) mass is 299 g/mol. The van der Waals surface area contributed by atoms with Crippen molar-refractivity contribution in [2.45, 2.75) is 19.9 Å². The van der Waals surface area contributed by atoms with E-state index < -0.39 is 0 Å². The Kier molecular flexibility index (Phi) is 4.48. The summed E-state index contributed by atoms with van der Waals surface area (Å²) < 4.78 is 0. The molecule has 1 aliphatic rings. The fourth-order valence-corrected chi connectivity index (χ4v) is 2.56. The molecule has 1 aliphatic heterocycles. The van der Waals surface area contributed by atoms with Crippen LogP contribution in [-0.2, 0) is 0 Å². The molecule has 0 fully saturated rings. The van der Waals surface area contributed by atoms with Crippen molar-refractivity contribution in [2.24, 2.45) is 11.7 Å². The second kappa shape index (κ2) is 5.93. The molecule has 0 bridgehead atoms. The van der Waals surface area contributed by atoms with Gasteiger partial charge in [0.1, 0.15) is 0 Å². The van der Waals surface area contributed by atoms with E-state index in [-0.39, 0.29) is 0 Å². The van der Waals surface area contributed by atoms with E-state index in [1.807, 2.05) is 18.2 Å². The van der Waals surface area contributed by atoms with Crippen LogP contribution in [0.25, 0.3) is 0 Å². The van der Waals surface area contributed by atoms with Gasteiger partial charge in [0.05, 0.1) is 15.9 Å². The quantitative estimate of drug-likeness (QED) is 0.897. The third-order valence-electron chi connectivity index (χ3n) is 3.27. The maximum atomic E-state index is 6.10. The molecule has 0 radical (unpaired) electrons. The molecule has 1 atom stereocenters. The van der Waals surface area contributed by atoms with Crippen molar-refractivity contribution in [3.8, 4) is 0 Å². The second-order valence-electron chi connectivity index (χ2n) is 5.11. The number of nitrogens with zero attached hydrogens (tertiary/aromatic N) is 1. The molecule has 5 heteroatoms. The fourth-order valence-electron chi connectivity index (χ4n) is 2.27. The van der Waals surface area contributed by atoms with E-state index in [0.29, 0.717) is 22.0 Å². The fraction of sp³-hybridized carbons (Fsp3) is 0.429. The summed E-state index contributed by atoms with van der Waals surface area (Å²) in [5, 5.41) is 4.32. The lowest BCUT2D eigenvalue weighted by atomic mass is 10.1. The number of benzene rings is 1. The predicted molar refractivity (Wildman–Crippen MR) is 82.7 cm³/mol. The molecule has 0 spiro atoms. The summed E-state index contributed by atoms with van der Waals surface area (Å²) in [6.07, 6.45) is 2.08. The topological polar surface area (TPSA) is 41.3 Å². The molecule has 0 unspecified atom stereocenters. The van der Waals surface area contributed by atoms with Crippen molar-refractivity contribution in [3.63, 3.8) is 0 Å². The lowest BCUT2D eigenvalue weighted by Crippen LogP contribution is -2.36. The molecule has 19 heavy (non-hydrogen) atoms. The smallest absolute Gasteiger partial charge is 0.0923 e. The van der Waals surface area contributed by atoms with E-state index in [9.17, 15) is 0 Å². The van der Waals surface area contributed by atoms with Crippen LogP contribution in [-0.4, -0.2) is 19.1 Å². The normalized spacial score (nSPS) is 18.4. The minimum Gasteiger partial charge on any atom is -0.386 e. The Morgan fingerprint density at radius 3 is 2.63 bits per heavy atom. The highest BCUT2D eigenvalue weighted by molar-refractivity contribution is 6.42. The molecule has 104 valence electrons. The first-order chi connectivity index (χ1) is 8.97. The Labute approximate surface area is 124 Å². The molecule has 1 aromatic carbocycles. The van der Waals surface area contributed by atoms with Crippen LogP contribution in [0.4, 0.5) is 5.69 Å². The van der Waals surface area contributed by atoms with Crippen LogP contribution in [0.2, 0.25) is 10.0 Å². The number of anilines is 1. The third kappa shape index (κ3) is 3.48. The summed E-state index contributed by atoms with van der Waals surface area (Å²) >= 11 is 12.1. The van der Waals surface area contributed by atoms with E-state index in [0.717, 1.165) is 24.6 Å². The van der Waals surface area contributed by atoms with Crippen molar-refractivity contribution in [3.05, 3.63) is 40.1 Å². The van der Waals surface area contributed by atoms with Crippen molar-refractivity contribution >= 4 is 28.9 Å². The second-order valence-corrected chi connectivity index (χ2v) is 5.92. The minimum atomic E-state index is 0.382. The Morgan fingerprint density at radius 1 is 1.37 bits per heavy atom. The highest BCUT2D eigenvalue weighted by atomic mass is 35.5. The zero-order valence-corrected chi connectivity index (χ0v) is 12.7. The molecule has 2 rings (SSSR count). The van der Waals surface area contributed by atoms with Crippen LogP contribution in [0.1, 0.15) is 13.8 Å². The van der Waals surface area contributed by atoms with E-state index in [4.69, 9.17) is 28.9 Å². The van der Waals surface area contributed by atoms with Gasteiger partial charge in [-0.1, -0.05) is 23.2 Å². The molecule has 0 aromatic heterocycles. The molecule has 3 N–H and O–H groups in total. The molecular formula is C14H19Cl2N3. The van der Waals surface area contributed by atoms with Gasteiger partial charge in [0.15, 0.2) is 0 Å². The Balaban J connectivity index is 2.17. The summed E-state index contributed by atoms with van der Waals surface area (Å²) in [5.41, 5.74) is 6.84. The summed E-state index contributed by atoms with van der Waals surface area (Å²) in [5.74, 6) is 1.18. The molecular weight excluding hydrogens is 281 g/mol. The van der Waals surface area contributed by atoms with Gasteiger partial charge < -0.3 is 16.0 Å². The Morgan fingerprint density at radius 2 is 2.11 bits per heavy atom. The van der Waals surface area contributed by atoms with Gasteiger partial charge in [0.2, 0.25) is 0 Å². The molecule has 0 saturated carbocycles. The van der Waals surface area contributed by atoms with Crippen LogP contribution in [0.5, 0.6) is 0 Å². The highest BCUT2D eigenvalue weighted by Crippen LogP contribution is 2.29. The van der Waals surface area contributed by atoms with Crippen LogP contribution in [0.3, 0.4) is 0 Å². The van der Waals surface area contributed by atoms with E-state index in [1.165, 1.54) is 0 Å². The van der Waals surface area contributed by atoms with Gasteiger partial charge in [0, 0.05) is 30.7 Å². The van der Waals surface area contributed by atoms with Gasteiger partial charge in [-0.05, 0) is 38.1 Å². The summed E-state index contributed by atoms with van der Waals surface area (Å²) in [6.45, 7) is 6.12. The van der Waals surface area contributed by atoms with Gasteiger partial charge >= 0.3 is 0 Å². The van der Waals surface area contributed by atoms with E-state index in [1.54, 1.807) is 0 Å². The zero-order valence-electron chi connectivity index (χ0n) is 11.2. The van der Waals surface area contributed by atoms with Crippen LogP contribution < -0.4 is 16.0 Å². The number of nitrogens with one attached hydrogen (secondary N) is 1. The van der Waals surface area contributed by atoms with Crippen molar-refractivity contribution < 1.29 is 0 Å². The van der Waals surface area contributed by atoms with Gasteiger partial charge in [-0.25, -0.2) is 0 Å². The summed E-state index contributed by atoms with van der Waals surface area (Å²) in [4.78, 5) is 2.31. The van der Waals surface area contributed by atoms with Crippen LogP contribution in [0.15, 0.2) is 30.1 Å². The van der Waals surface area contributed by atoms with Crippen molar-refractivity contribution in [1.82, 2.24) is 5.32 Å². The van der Waals surface area contributed by atoms with Crippen molar-refractivity contribution in [1.29, 1.82) is 0 Å². The van der Waals surface area contributed by atoms with Gasteiger partial charge in [-0.15, -0.1) is 0 Å². The summed E-state index contributed by atoms with van der Waals surface area (Å²) in [6, 6.07) is 6.14. The standard InChI is InChI=1S/C14H19Cl2N3/c1-9(2)19(8-10-5-14(17)18-7-10)11-3-4-12(15)13(16)6-11/h3-6,9-10,18H,7-8,17H2,1-2H3/t10-/m1/s1. The molecule has 0 amide bonds. The zero-order chi connectivity index (χ0) is 14.0. The van der Waals surface area contributed by atoms with Gasteiger partial charge in [0.25, 0.3) is 0 Å². The van der Waals surface area contributed by atoms with E-state index >= 15 is 0 Å². The number of hydrogen-bond acceptors (Lipinski definition) is 3. The lowest BCUT2D eigenvalue weighted by molar-refractivity contribution is 0.579. The first-order valence-corrected chi connectivity index (χ1v) is 7.16. The first-order valence-electron chi connectivity index (χ1n) is 6.40. The number of halogens is 2. The van der Waals surface area contributed by atoms with Crippen molar-refractivity contribution in [2.75, 3.05) is 18.0 Å². The molecule has 3 nitrogen and oxygen atoms in total. The third-order valence-corrected chi connectivity index (χ3v) is 4.01. The average Bonchev–Trinajstić information content (AvgIpc) is 2.75. The number of rotatable bonds is 4. The molecule has 1 heterocycles.